The van der Waals surface area contributed by atoms with Gasteiger partial charge in [0, 0.05) is 19.0 Å². The Labute approximate surface area is 149 Å². The highest BCUT2D eigenvalue weighted by Gasteiger charge is 2.27. The van der Waals surface area contributed by atoms with Gasteiger partial charge in [-0.1, -0.05) is 47.1 Å². The van der Waals surface area contributed by atoms with Crippen LogP contribution in [0.2, 0.25) is 5.02 Å². The van der Waals surface area contributed by atoms with Crippen LogP contribution in [-0.4, -0.2) is 24.6 Å². The number of halogens is 1. The van der Waals surface area contributed by atoms with Gasteiger partial charge in [0.15, 0.2) is 6.10 Å². The second-order valence-corrected chi connectivity index (χ2v) is 5.88. The Morgan fingerprint density at radius 1 is 1.16 bits per heavy atom. The van der Waals surface area contributed by atoms with Crippen molar-refractivity contribution < 1.29 is 14.4 Å². The molecule has 6 nitrogen and oxygen atoms in total. The smallest absolute Gasteiger partial charge is 0.273 e. The number of anilines is 1. The summed E-state index contributed by atoms with van der Waals surface area (Å²) in [4.78, 5) is 29.5. The number of rotatable bonds is 4. The van der Waals surface area contributed by atoms with E-state index in [1.807, 2.05) is 30.3 Å². The summed E-state index contributed by atoms with van der Waals surface area (Å²) >= 11 is 6.10. The average molecular weight is 358 g/mol. The van der Waals surface area contributed by atoms with Crippen LogP contribution in [0, 0.1) is 0 Å². The van der Waals surface area contributed by atoms with Crippen LogP contribution >= 0.6 is 11.6 Å². The highest BCUT2D eigenvalue weighted by Crippen LogP contribution is 2.28. The van der Waals surface area contributed by atoms with Crippen molar-refractivity contribution in [1.82, 2.24) is 5.32 Å². The Kier molecular flexibility index (Phi) is 5.00. The third-order valence-electron chi connectivity index (χ3n) is 3.81. The van der Waals surface area contributed by atoms with Gasteiger partial charge >= 0.3 is 0 Å². The molecule has 0 spiro atoms. The van der Waals surface area contributed by atoms with Crippen molar-refractivity contribution in [3.8, 4) is 0 Å². The monoisotopic (exact) mass is 357 g/mol. The molecule has 25 heavy (non-hydrogen) atoms. The van der Waals surface area contributed by atoms with Crippen LogP contribution in [0.5, 0.6) is 0 Å². The highest BCUT2D eigenvalue weighted by molar-refractivity contribution is 6.44. The Bertz CT molecular complexity index is 837. The van der Waals surface area contributed by atoms with Crippen molar-refractivity contribution in [2.75, 3.05) is 12.4 Å². The van der Waals surface area contributed by atoms with E-state index in [2.05, 4.69) is 15.8 Å². The van der Waals surface area contributed by atoms with Gasteiger partial charge < -0.3 is 15.5 Å². The fraction of sp³-hybridized carbons (Fsp3) is 0.167. The quantitative estimate of drug-likeness (QED) is 0.882. The first-order valence-corrected chi connectivity index (χ1v) is 8.07. The number of amides is 2. The molecule has 2 aromatic rings. The van der Waals surface area contributed by atoms with Gasteiger partial charge in [-0.05, 0) is 23.8 Å². The highest BCUT2D eigenvalue weighted by atomic mass is 35.5. The molecule has 0 bridgehead atoms. The zero-order valence-electron chi connectivity index (χ0n) is 13.5. The molecule has 1 heterocycles. The molecule has 0 radical (unpaired) electrons. The Morgan fingerprint density at radius 2 is 1.92 bits per heavy atom. The number of hydrogen-bond acceptors (Lipinski definition) is 4. The first-order chi connectivity index (χ1) is 12.1. The lowest BCUT2D eigenvalue weighted by molar-refractivity contribution is -0.110. The lowest BCUT2D eigenvalue weighted by Crippen LogP contribution is -2.23. The molecular formula is C18H16ClN3O3. The third kappa shape index (κ3) is 3.80. The lowest BCUT2D eigenvalue weighted by atomic mass is 10.0. The largest absolute Gasteiger partial charge is 0.387 e. The molecule has 0 saturated heterocycles. The van der Waals surface area contributed by atoms with Gasteiger partial charge in [-0.15, -0.1) is 0 Å². The number of carbonyl (C=O) groups is 2. The molecule has 128 valence electrons. The van der Waals surface area contributed by atoms with Crippen molar-refractivity contribution in [2.45, 2.75) is 12.5 Å². The summed E-state index contributed by atoms with van der Waals surface area (Å²) in [7, 11) is 1.53. The Morgan fingerprint density at radius 3 is 2.64 bits per heavy atom. The number of carbonyl (C=O) groups excluding carboxylic acids is 2. The van der Waals surface area contributed by atoms with Gasteiger partial charge in [0.2, 0.25) is 0 Å². The SMILES string of the molecule is CNC(=O)c1ccc(Cl)c(NC(=O)C2=NO[C@H](c3ccccc3)C2)c1. The summed E-state index contributed by atoms with van der Waals surface area (Å²) in [5.41, 5.74) is 1.97. The van der Waals surface area contributed by atoms with Crippen molar-refractivity contribution in [1.29, 1.82) is 0 Å². The van der Waals surface area contributed by atoms with Gasteiger partial charge in [-0.25, -0.2) is 0 Å². The van der Waals surface area contributed by atoms with Crippen molar-refractivity contribution in [3.63, 3.8) is 0 Å². The fourth-order valence-electron chi connectivity index (χ4n) is 2.46. The molecular weight excluding hydrogens is 342 g/mol. The van der Waals surface area contributed by atoms with Gasteiger partial charge in [-0.3, -0.25) is 9.59 Å². The maximum absolute atomic E-state index is 12.4. The van der Waals surface area contributed by atoms with Crippen LogP contribution < -0.4 is 10.6 Å². The molecule has 1 aliphatic heterocycles. The van der Waals surface area contributed by atoms with Crippen molar-refractivity contribution >= 4 is 34.8 Å². The van der Waals surface area contributed by atoms with Crippen LogP contribution in [0.1, 0.15) is 28.4 Å². The van der Waals surface area contributed by atoms with Gasteiger partial charge in [0.25, 0.3) is 11.8 Å². The van der Waals surface area contributed by atoms with E-state index in [9.17, 15) is 9.59 Å². The first kappa shape index (κ1) is 17.0. The molecule has 2 amide bonds. The topological polar surface area (TPSA) is 79.8 Å². The van der Waals surface area contributed by atoms with E-state index >= 15 is 0 Å². The van der Waals surface area contributed by atoms with E-state index in [0.717, 1.165) is 5.56 Å². The number of hydrogen-bond donors (Lipinski definition) is 2. The van der Waals surface area contributed by atoms with E-state index in [1.165, 1.54) is 13.1 Å². The van der Waals surface area contributed by atoms with Crippen LogP contribution in [-0.2, 0) is 9.63 Å². The Balaban J connectivity index is 1.70. The fourth-order valence-corrected chi connectivity index (χ4v) is 2.62. The minimum Gasteiger partial charge on any atom is -0.387 e. The summed E-state index contributed by atoms with van der Waals surface area (Å²) in [6.45, 7) is 0. The standard InChI is InChI=1S/C18H16ClN3O3/c1-20-17(23)12-7-8-13(19)14(9-12)21-18(24)15-10-16(25-22-15)11-5-3-2-4-6-11/h2-9,16H,10H2,1H3,(H,20,23)(H,21,24)/t16-/m0/s1. The van der Waals surface area contributed by atoms with E-state index in [0.29, 0.717) is 22.7 Å². The maximum Gasteiger partial charge on any atom is 0.273 e. The number of benzene rings is 2. The zero-order valence-corrected chi connectivity index (χ0v) is 14.2. The van der Waals surface area contributed by atoms with E-state index in [4.69, 9.17) is 16.4 Å². The maximum atomic E-state index is 12.4. The molecule has 2 aromatic carbocycles. The van der Waals surface area contributed by atoms with Gasteiger partial charge in [-0.2, -0.15) is 0 Å². The normalized spacial score (nSPS) is 15.9. The van der Waals surface area contributed by atoms with Crippen molar-refractivity contribution in [3.05, 3.63) is 64.7 Å². The summed E-state index contributed by atoms with van der Waals surface area (Å²) < 4.78 is 0. The zero-order chi connectivity index (χ0) is 17.8. The van der Waals surface area contributed by atoms with E-state index in [-0.39, 0.29) is 17.7 Å². The van der Waals surface area contributed by atoms with E-state index < -0.39 is 5.91 Å². The number of nitrogens with zero attached hydrogens (tertiary/aromatic N) is 1. The summed E-state index contributed by atoms with van der Waals surface area (Å²) in [5, 5.41) is 9.41. The summed E-state index contributed by atoms with van der Waals surface area (Å²) in [5.74, 6) is -0.674. The van der Waals surface area contributed by atoms with Crippen LogP contribution in [0.3, 0.4) is 0 Å². The van der Waals surface area contributed by atoms with Crippen molar-refractivity contribution in [2.24, 2.45) is 5.16 Å². The molecule has 7 heteroatoms. The van der Waals surface area contributed by atoms with Crippen LogP contribution in [0.4, 0.5) is 5.69 Å². The van der Waals surface area contributed by atoms with Crippen LogP contribution in [0.15, 0.2) is 53.7 Å². The molecule has 0 unspecified atom stereocenters. The second kappa shape index (κ2) is 7.36. The minimum absolute atomic E-state index is 0.266. The second-order valence-electron chi connectivity index (χ2n) is 5.47. The molecule has 0 fully saturated rings. The number of oxime groups is 1. The molecule has 1 atom stereocenters. The Hall–Kier alpha value is -2.86. The third-order valence-corrected chi connectivity index (χ3v) is 4.14. The number of nitrogens with one attached hydrogen (secondary N) is 2. The minimum atomic E-state index is -0.408. The predicted octanol–water partition coefficient (Wildman–Crippen LogP) is 3.16. The summed E-state index contributed by atoms with van der Waals surface area (Å²) in [6.07, 6.45) is 0.0809. The first-order valence-electron chi connectivity index (χ1n) is 7.69. The molecule has 0 aliphatic carbocycles. The van der Waals surface area contributed by atoms with Crippen LogP contribution in [0.25, 0.3) is 0 Å². The molecule has 0 aromatic heterocycles. The molecule has 1 aliphatic rings. The molecule has 2 N–H and O–H groups in total. The van der Waals surface area contributed by atoms with E-state index in [1.54, 1.807) is 12.1 Å². The molecule has 3 rings (SSSR count). The predicted molar refractivity (Wildman–Crippen MR) is 95.8 cm³/mol. The summed E-state index contributed by atoms with van der Waals surface area (Å²) in [6, 6.07) is 14.2. The molecule has 0 saturated carbocycles. The van der Waals surface area contributed by atoms with Gasteiger partial charge in [0.1, 0.15) is 5.71 Å². The average Bonchev–Trinajstić information content (AvgIpc) is 3.14. The van der Waals surface area contributed by atoms with Gasteiger partial charge in [0.05, 0.1) is 10.7 Å². The lowest BCUT2D eigenvalue weighted by Gasteiger charge is -2.09.